The van der Waals surface area contributed by atoms with E-state index in [1.54, 1.807) is 11.6 Å². The molecule has 19 heavy (non-hydrogen) atoms. The lowest BCUT2D eigenvalue weighted by atomic mass is 10.0. The molecule has 0 radical (unpaired) electrons. The third-order valence-electron chi connectivity index (χ3n) is 3.03. The number of imidazole rings is 1. The van der Waals surface area contributed by atoms with Gasteiger partial charge in [-0.05, 0) is 21.4 Å². The lowest BCUT2D eigenvalue weighted by Crippen LogP contribution is -2.12. The molecule has 0 fully saturated rings. The molecule has 1 atom stereocenters. The number of hydrogen-bond donors (Lipinski definition) is 1. The predicted octanol–water partition coefficient (Wildman–Crippen LogP) is 2.54. The molecule has 1 unspecified atom stereocenters. The standard InChI is InChI=1S/C13H16N4O2/c1-10(11-6-4-3-5-7-11)8-14-12-13(17(18)19)15-9-16(12)2/h3-7,9-10,14H,8H2,1-2H3. The van der Waals surface area contributed by atoms with Crippen LogP contribution in [0.5, 0.6) is 0 Å². The van der Waals surface area contributed by atoms with E-state index < -0.39 is 4.92 Å². The first kappa shape index (κ1) is 13.1. The Hall–Kier alpha value is -2.37. The number of nitrogens with one attached hydrogen (secondary N) is 1. The Balaban J connectivity index is 2.07. The summed E-state index contributed by atoms with van der Waals surface area (Å²) in [6.07, 6.45) is 1.44. The molecule has 2 aromatic rings. The Bertz CT molecular complexity index is 565. The summed E-state index contributed by atoms with van der Waals surface area (Å²) in [5.74, 6) is 0.561. The minimum atomic E-state index is -0.477. The smallest absolute Gasteiger partial charge is 0.364 e. The topological polar surface area (TPSA) is 73.0 Å². The summed E-state index contributed by atoms with van der Waals surface area (Å²) < 4.78 is 1.62. The van der Waals surface area contributed by atoms with E-state index in [0.29, 0.717) is 12.4 Å². The Morgan fingerprint density at radius 3 is 2.74 bits per heavy atom. The molecule has 0 aliphatic carbocycles. The fraction of sp³-hybridized carbons (Fsp3) is 0.308. The largest absolute Gasteiger partial charge is 0.406 e. The SMILES string of the molecule is CC(CNc1c([N+](=O)[O-])ncn1C)c1ccccc1. The van der Waals surface area contributed by atoms with E-state index >= 15 is 0 Å². The third kappa shape index (κ3) is 2.90. The van der Waals surface area contributed by atoms with Crippen molar-refractivity contribution in [3.63, 3.8) is 0 Å². The van der Waals surface area contributed by atoms with E-state index in [-0.39, 0.29) is 11.7 Å². The van der Waals surface area contributed by atoms with Crippen LogP contribution in [-0.2, 0) is 7.05 Å². The average molecular weight is 260 g/mol. The zero-order chi connectivity index (χ0) is 13.8. The molecule has 1 aromatic heterocycles. The monoisotopic (exact) mass is 260 g/mol. The first-order chi connectivity index (χ1) is 9.09. The highest BCUT2D eigenvalue weighted by Crippen LogP contribution is 2.23. The number of benzene rings is 1. The molecule has 0 amide bonds. The molecular formula is C13H16N4O2. The van der Waals surface area contributed by atoms with Crippen LogP contribution in [0.15, 0.2) is 36.7 Å². The maximum atomic E-state index is 10.8. The van der Waals surface area contributed by atoms with Gasteiger partial charge in [-0.2, -0.15) is 0 Å². The molecule has 0 aliphatic heterocycles. The van der Waals surface area contributed by atoms with Gasteiger partial charge in [0.2, 0.25) is 12.1 Å². The number of aryl methyl sites for hydroxylation is 1. The van der Waals surface area contributed by atoms with Crippen molar-refractivity contribution in [2.45, 2.75) is 12.8 Å². The molecule has 6 heteroatoms. The van der Waals surface area contributed by atoms with E-state index in [9.17, 15) is 10.1 Å². The van der Waals surface area contributed by atoms with Gasteiger partial charge in [-0.25, -0.2) is 0 Å². The highest BCUT2D eigenvalue weighted by atomic mass is 16.6. The van der Waals surface area contributed by atoms with Crippen molar-refractivity contribution in [3.8, 4) is 0 Å². The first-order valence-corrected chi connectivity index (χ1v) is 6.04. The van der Waals surface area contributed by atoms with Crippen molar-refractivity contribution in [3.05, 3.63) is 52.3 Å². The summed E-state index contributed by atoms with van der Waals surface area (Å²) >= 11 is 0. The number of anilines is 1. The van der Waals surface area contributed by atoms with Crippen LogP contribution in [0.2, 0.25) is 0 Å². The van der Waals surface area contributed by atoms with Gasteiger partial charge in [0.1, 0.15) is 0 Å². The maximum Gasteiger partial charge on any atom is 0.406 e. The predicted molar refractivity (Wildman–Crippen MR) is 73.2 cm³/mol. The summed E-state index contributed by atoms with van der Waals surface area (Å²) in [6.45, 7) is 2.69. The van der Waals surface area contributed by atoms with Crippen molar-refractivity contribution in [2.75, 3.05) is 11.9 Å². The molecule has 6 nitrogen and oxygen atoms in total. The highest BCUT2D eigenvalue weighted by molar-refractivity contribution is 5.52. The first-order valence-electron chi connectivity index (χ1n) is 6.04. The Labute approximate surface area is 111 Å². The minimum Gasteiger partial charge on any atom is -0.364 e. The van der Waals surface area contributed by atoms with Crippen LogP contribution >= 0.6 is 0 Å². The molecule has 0 saturated carbocycles. The average Bonchev–Trinajstić information content (AvgIpc) is 2.78. The molecule has 1 heterocycles. The molecule has 1 N–H and O–H groups in total. The van der Waals surface area contributed by atoms with Crippen molar-refractivity contribution in [2.24, 2.45) is 7.05 Å². The number of rotatable bonds is 5. The van der Waals surface area contributed by atoms with Gasteiger partial charge in [0.15, 0.2) is 0 Å². The van der Waals surface area contributed by atoms with Gasteiger partial charge < -0.3 is 15.4 Å². The van der Waals surface area contributed by atoms with Gasteiger partial charge in [-0.3, -0.25) is 4.57 Å². The van der Waals surface area contributed by atoms with Crippen molar-refractivity contribution in [1.29, 1.82) is 0 Å². The van der Waals surface area contributed by atoms with Crippen LogP contribution in [0.25, 0.3) is 0 Å². The van der Waals surface area contributed by atoms with Gasteiger partial charge in [0, 0.05) is 13.6 Å². The van der Waals surface area contributed by atoms with E-state index in [0.717, 1.165) is 0 Å². The number of nitrogens with zero attached hydrogens (tertiary/aromatic N) is 3. The van der Waals surface area contributed by atoms with Crippen LogP contribution in [0, 0.1) is 10.1 Å². The number of nitro groups is 1. The maximum absolute atomic E-state index is 10.8. The van der Waals surface area contributed by atoms with Crippen LogP contribution in [-0.4, -0.2) is 21.0 Å². The van der Waals surface area contributed by atoms with Crippen molar-refractivity contribution >= 4 is 11.6 Å². The summed E-state index contributed by atoms with van der Waals surface area (Å²) in [7, 11) is 1.73. The number of hydrogen-bond acceptors (Lipinski definition) is 4. The van der Waals surface area contributed by atoms with Gasteiger partial charge in [-0.15, -0.1) is 0 Å². The van der Waals surface area contributed by atoms with Gasteiger partial charge in [-0.1, -0.05) is 37.3 Å². The Morgan fingerprint density at radius 2 is 2.11 bits per heavy atom. The molecular weight excluding hydrogens is 244 g/mol. The second kappa shape index (κ2) is 5.51. The van der Waals surface area contributed by atoms with Gasteiger partial charge in [0.05, 0.1) is 0 Å². The van der Waals surface area contributed by atoms with Crippen molar-refractivity contribution in [1.82, 2.24) is 9.55 Å². The molecule has 0 saturated heterocycles. The molecule has 0 aliphatic rings. The van der Waals surface area contributed by atoms with Crippen LogP contribution in [0.1, 0.15) is 18.4 Å². The third-order valence-corrected chi connectivity index (χ3v) is 3.03. The minimum absolute atomic E-state index is 0.136. The van der Waals surface area contributed by atoms with Crippen LogP contribution in [0.4, 0.5) is 11.6 Å². The van der Waals surface area contributed by atoms with E-state index in [2.05, 4.69) is 17.2 Å². The lowest BCUT2D eigenvalue weighted by molar-refractivity contribution is -0.388. The zero-order valence-electron chi connectivity index (χ0n) is 10.9. The molecule has 0 spiro atoms. The normalized spacial score (nSPS) is 12.1. The zero-order valence-corrected chi connectivity index (χ0v) is 10.9. The Morgan fingerprint density at radius 1 is 1.42 bits per heavy atom. The second-order valence-corrected chi connectivity index (χ2v) is 4.48. The molecule has 1 aromatic carbocycles. The molecule has 100 valence electrons. The van der Waals surface area contributed by atoms with Crippen molar-refractivity contribution < 1.29 is 4.92 Å². The Kier molecular flexibility index (Phi) is 3.79. The summed E-state index contributed by atoms with van der Waals surface area (Å²) in [5, 5.41) is 13.9. The van der Waals surface area contributed by atoms with E-state index in [4.69, 9.17) is 0 Å². The van der Waals surface area contributed by atoms with E-state index in [1.165, 1.54) is 11.9 Å². The quantitative estimate of drug-likeness (QED) is 0.662. The van der Waals surface area contributed by atoms with Crippen LogP contribution < -0.4 is 5.32 Å². The molecule has 0 bridgehead atoms. The summed E-state index contributed by atoms with van der Waals surface area (Å²) in [5.41, 5.74) is 1.19. The van der Waals surface area contributed by atoms with E-state index in [1.807, 2.05) is 30.3 Å². The second-order valence-electron chi connectivity index (χ2n) is 4.48. The highest BCUT2D eigenvalue weighted by Gasteiger charge is 2.20. The lowest BCUT2D eigenvalue weighted by Gasteiger charge is -2.13. The fourth-order valence-electron chi connectivity index (χ4n) is 1.90. The van der Waals surface area contributed by atoms with Crippen LogP contribution in [0.3, 0.4) is 0 Å². The fourth-order valence-corrected chi connectivity index (χ4v) is 1.90. The van der Waals surface area contributed by atoms with Gasteiger partial charge in [0.25, 0.3) is 0 Å². The molecule has 2 rings (SSSR count). The summed E-state index contributed by atoms with van der Waals surface area (Å²) in [4.78, 5) is 14.1. The summed E-state index contributed by atoms with van der Waals surface area (Å²) in [6, 6.07) is 10.0. The number of aromatic nitrogens is 2. The van der Waals surface area contributed by atoms with Gasteiger partial charge >= 0.3 is 5.82 Å².